The second kappa shape index (κ2) is 2.71. The summed E-state index contributed by atoms with van der Waals surface area (Å²) in [6.07, 6.45) is 4.40. The minimum Gasteiger partial charge on any atom is -0.316 e. The van der Waals surface area contributed by atoms with E-state index in [1.165, 1.54) is 45.4 Å². The van der Waals surface area contributed by atoms with Crippen molar-refractivity contribution < 1.29 is 0 Å². The second-order valence-corrected chi connectivity index (χ2v) is 4.64. The van der Waals surface area contributed by atoms with Crippen molar-refractivity contribution in [2.75, 3.05) is 26.2 Å². The third kappa shape index (κ3) is 0.944. The first-order valence-corrected chi connectivity index (χ1v) is 5.40. The molecule has 0 aliphatic carbocycles. The number of hydrogen-bond acceptors (Lipinski definition) is 2. The van der Waals surface area contributed by atoms with Crippen molar-refractivity contribution in [2.45, 2.75) is 25.3 Å². The lowest BCUT2D eigenvalue weighted by atomic mass is 9.90. The van der Waals surface area contributed by atoms with E-state index in [1.807, 2.05) is 0 Å². The molecular weight excluding hydrogens is 148 g/mol. The molecule has 0 unspecified atom stereocenters. The Morgan fingerprint density at radius 2 is 2.17 bits per heavy atom. The SMILES string of the molecule is C1CCN2C[C@@H]3CNC[C@H]3[C@H]2C1. The zero-order valence-corrected chi connectivity index (χ0v) is 7.63. The molecule has 3 fully saturated rings. The summed E-state index contributed by atoms with van der Waals surface area (Å²) in [6.45, 7) is 5.36. The number of piperidine rings is 1. The van der Waals surface area contributed by atoms with E-state index in [4.69, 9.17) is 0 Å². The van der Waals surface area contributed by atoms with Gasteiger partial charge in [0.1, 0.15) is 0 Å². The highest BCUT2D eigenvalue weighted by Gasteiger charge is 2.44. The summed E-state index contributed by atoms with van der Waals surface area (Å²) >= 11 is 0. The zero-order chi connectivity index (χ0) is 7.97. The van der Waals surface area contributed by atoms with E-state index in [2.05, 4.69) is 10.2 Å². The van der Waals surface area contributed by atoms with Crippen molar-refractivity contribution in [3.63, 3.8) is 0 Å². The molecule has 2 nitrogen and oxygen atoms in total. The van der Waals surface area contributed by atoms with Gasteiger partial charge in [-0.25, -0.2) is 0 Å². The number of hydrogen-bond donors (Lipinski definition) is 1. The maximum absolute atomic E-state index is 3.53. The molecule has 0 amide bonds. The van der Waals surface area contributed by atoms with Gasteiger partial charge >= 0.3 is 0 Å². The predicted octanol–water partition coefficient (Wildman–Crippen LogP) is 0.690. The smallest absolute Gasteiger partial charge is 0.0139 e. The van der Waals surface area contributed by atoms with E-state index in [1.54, 1.807) is 0 Å². The average molecular weight is 166 g/mol. The van der Waals surface area contributed by atoms with Crippen molar-refractivity contribution >= 4 is 0 Å². The number of rotatable bonds is 0. The van der Waals surface area contributed by atoms with Crippen LogP contribution in [-0.4, -0.2) is 37.1 Å². The van der Waals surface area contributed by atoms with Crippen LogP contribution in [0.3, 0.4) is 0 Å². The first-order chi connectivity index (χ1) is 5.95. The monoisotopic (exact) mass is 166 g/mol. The summed E-state index contributed by atoms with van der Waals surface area (Å²) in [5, 5.41) is 3.53. The van der Waals surface area contributed by atoms with Gasteiger partial charge in [0.15, 0.2) is 0 Å². The molecule has 0 aromatic rings. The molecule has 3 saturated heterocycles. The average Bonchev–Trinajstić information content (AvgIpc) is 2.62. The lowest BCUT2D eigenvalue weighted by Crippen LogP contribution is -2.39. The topological polar surface area (TPSA) is 15.3 Å². The Bertz CT molecular complexity index is 181. The first-order valence-electron chi connectivity index (χ1n) is 5.40. The normalized spacial score (nSPS) is 47.5. The third-order valence-electron chi connectivity index (χ3n) is 4.02. The molecule has 3 atom stereocenters. The molecular formula is C10H18N2. The van der Waals surface area contributed by atoms with Crippen LogP contribution >= 0.6 is 0 Å². The predicted molar refractivity (Wildman–Crippen MR) is 49.1 cm³/mol. The Morgan fingerprint density at radius 1 is 1.17 bits per heavy atom. The summed E-state index contributed by atoms with van der Waals surface area (Å²) < 4.78 is 0. The van der Waals surface area contributed by atoms with Crippen LogP contribution in [0.1, 0.15) is 19.3 Å². The molecule has 2 heteroatoms. The Morgan fingerprint density at radius 3 is 3.17 bits per heavy atom. The maximum Gasteiger partial charge on any atom is 0.0139 e. The van der Waals surface area contributed by atoms with E-state index in [-0.39, 0.29) is 0 Å². The van der Waals surface area contributed by atoms with Gasteiger partial charge in [0.25, 0.3) is 0 Å². The molecule has 3 heterocycles. The van der Waals surface area contributed by atoms with Gasteiger partial charge in [-0.15, -0.1) is 0 Å². The molecule has 0 bridgehead atoms. The van der Waals surface area contributed by atoms with Gasteiger partial charge in [0.2, 0.25) is 0 Å². The highest BCUT2D eigenvalue weighted by Crippen LogP contribution is 2.37. The summed E-state index contributed by atoms with van der Waals surface area (Å²) in [7, 11) is 0. The lowest BCUT2D eigenvalue weighted by molar-refractivity contribution is 0.172. The molecule has 68 valence electrons. The van der Waals surface area contributed by atoms with Gasteiger partial charge in [0, 0.05) is 12.6 Å². The Kier molecular flexibility index (Phi) is 1.66. The minimum absolute atomic E-state index is 0.957. The van der Waals surface area contributed by atoms with Gasteiger partial charge < -0.3 is 5.32 Å². The zero-order valence-electron chi connectivity index (χ0n) is 7.63. The van der Waals surface area contributed by atoms with Crippen LogP contribution < -0.4 is 5.32 Å². The van der Waals surface area contributed by atoms with Crippen molar-refractivity contribution in [3.05, 3.63) is 0 Å². The quantitative estimate of drug-likeness (QED) is 0.569. The molecule has 0 saturated carbocycles. The van der Waals surface area contributed by atoms with Gasteiger partial charge in [-0.1, -0.05) is 6.42 Å². The van der Waals surface area contributed by atoms with Crippen LogP contribution in [0.25, 0.3) is 0 Å². The third-order valence-corrected chi connectivity index (χ3v) is 4.02. The second-order valence-electron chi connectivity index (χ2n) is 4.64. The van der Waals surface area contributed by atoms with Crippen molar-refractivity contribution in [2.24, 2.45) is 11.8 Å². The van der Waals surface area contributed by atoms with E-state index >= 15 is 0 Å². The van der Waals surface area contributed by atoms with E-state index in [0.717, 1.165) is 17.9 Å². The standard InChI is InChI=1S/C10H18N2/c1-2-4-12-7-8-5-11-6-9(8)10(12)3-1/h8-11H,1-7H2/t8-,9+,10+/m0/s1. The summed E-state index contributed by atoms with van der Waals surface area (Å²) in [5.41, 5.74) is 0. The molecule has 3 aliphatic rings. The summed E-state index contributed by atoms with van der Waals surface area (Å²) in [6, 6.07) is 0.957. The lowest BCUT2D eigenvalue weighted by Gasteiger charge is -2.31. The minimum atomic E-state index is 0.957. The molecule has 12 heavy (non-hydrogen) atoms. The molecule has 0 radical (unpaired) electrons. The highest BCUT2D eigenvalue weighted by atomic mass is 15.2. The highest BCUT2D eigenvalue weighted by molar-refractivity contribution is 4.99. The fraction of sp³-hybridized carbons (Fsp3) is 1.00. The summed E-state index contributed by atoms with van der Waals surface area (Å²) in [5.74, 6) is 2.00. The van der Waals surface area contributed by atoms with Crippen molar-refractivity contribution in [1.29, 1.82) is 0 Å². The van der Waals surface area contributed by atoms with E-state index in [0.29, 0.717) is 0 Å². The van der Waals surface area contributed by atoms with E-state index < -0.39 is 0 Å². The number of nitrogens with one attached hydrogen (secondary N) is 1. The molecule has 0 aromatic carbocycles. The van der Waals surface area contributed by atoms with Crippen molar-refractivity contribution in [1.82, 2.24) is 10.2 Å². The van der Waals surface area contributed by atoms with Crippen molar-refractivity contribution in [3.8, 4) is 0 Å². The molecule has 1 N–H and O–H groups in total. The van der Waals surface area contributed by atoms with E-state index in [9.17, 15) is 0 Å². The molecule has 3 aliphatic heterocycles. The van der Waals surface area contributed by atoms with Gasteiger partial charge in [0.05, 0.1) is 0 Å². The van der Waals surface area contributed by atoms with Crippen LogP contribution in [-0.2, 0) is 0 Å². The molecule has 3 rings (SSSR count). The van der Waals surface area contributed by atoms with Crippen LogP contribution in [0.15, 0.2) is 0 Å². The maximum atomic E-state index is 3.53. The molecule has 0 spiro atoms. The van der Waals surface area contributed by atoms with Crippen LogP contribution in [0.2, 0.25) is 0 Å². The fourth-order valence-electron chi connectivity index (χ4n) is 3.43. The van der Waals surface area contributed by atoms with Crippen LogP contribution in [0, 0.1) is 11.8 Å². The Labute approximate surface area is 74.3 Å². The first kappa shape index (κ1) is 7.34. The largest absolute Gasteiger partial charge is 0.316 e. The molecule has 0 aromatic heterocycles. The number of nitrogens with zero attached hydrogens (tertiary/aromatic N) is 1. The van der Waals surface area contributed by atoms with Gasteiger partial charge in [-0.3, -0.25) is 4.90 Å². The Balaban J connectivity index is 1.79. The van der Waals surface area contributed by atoms with Gasteiger partial charge in [-0.05, 0) is 44.3 Å². The van der Waals surface area contributed by atoms with Crippen LogP contribution in [0.4, 0.5) is 0 Å². The fourth-order valence-corrected chi connectivity index (χ4v) is 3.43. The van der Waals surface area contributed by atoms with Gasteiger partial charge in [-0.2, -0.15) is 0 Å². The summed E-state index contributed by atoms with van der Waals surface area (Å²) in [4.78, 5) is 2.75. The Hall–Kier alpha value is -0.0800. The van der Waals surface area contributed by atoms with Crippen LogP contribution in [0.5, 0.6) is 0 Å². The number of fused-ring (bicyclic) bond motifs is 3.